The van der Waals surface area contributed by atoms with Crippen molar-refractivity contribution in [3.63, 3.8) is 0 Å². The van der Waals surface area contributed by atoms with E-state index in [1.807, 2.05) is 12.1 Å². The van der Waals surface area contributed by atoms with E-state index in [0.29, 0.717) is 42.9 Å². The average molecular weight is 426 g/mol. The van der Waals surface area contributed by atoms with Crippen molar-refractivity contribution in [3.05, 3.63) is 54.0 Å². The summed E-state index contributed by atoms with van der Waals surface area (Å²) in [7, 11) is 0. The number of nitrogens with one attached hydrogen (secondary N) is 1. The Labute approximate surface area is 178 Å². The van der Waals surface area contributed by atoms with Gasteiger partial charge in [0, 0.05) is 31.7 Å². The lowest BCUT2D eigenvalue weighted by molar-refractivity contribution is -0.129. The summed E-state index contributed by atoms with van der Waals surface area (Å²) >= 11 is 1.31. The first-order valence-corrected chi connectivity index (χ1v) is 10.9. The molecular formula is C21H23N5O3S. The third kappa shape index (κ3) is 4.56. The Hall–Kier alpha value is -3.07. The van der Waals surface area contributed by atoms with E-state index in [-0.39, 0.29) is 17.6 Å². The van der Waals surface area contributed by atoms with Crippen molar-refractivity contribution in [1.82, 2.24) is 25.0 Å². The Kier molecular flexibility index (Phi) is 6.18. The van der Waals surface area contributed by atoms with Crippen LogP contribution in [0.4, 0.5) is 0 Å². The van der Waals surface area contributed by atoms with Crippen LogP contribution in [0.3, 0.4) is 0 Å². The predicted octanol–water partition coefficient (Wildman–Crippen LogP) is 2.70. The molecule has 4 rings (SSSR count). The molecule has 0 atom stereocenters. The second kappa shape index (κ2) is 9.17. The van der Waals surface area contributed by atoms with Crippen LogP contribution in [0.2, 0.25) is 0 Å². The van der Waals surface area contributed by atoms with E-state index in [1.54, 1.807) is 21.9 Å². The summed E-state index contributed by atoms with van der Waals surface area (Å²) in [6, 6.07) is 11.5. The van der Waals surface area contributed by atoms with Gasteiger partial charge in [0.25, 0.3) is 5.91 Å². The summed E-state index contributed by atoms with van der Waals surface area (Å²) in [6.07, 6.45) is 2.48. The molecule has 3 heterocycles. The van der Waals surface area contributed by atoms with Gasteiger partial charge in [-0.3, -0.25) is 14.7 Å². The van der Waals surface area contributed by atoms with Gasteiger partial charge in [0.2, 0.25) is 11.1 Å². The number of piperazine rings is 1. The van der Waals surface area contributed by atoms with E-state index in [1.165, 1.54) is 23.6 Å². The van der Waals surface area contributed by atoms with E-state index in [0.717, 1.165) is 12.0 Å². The summed E-state index contributed by atoms with van der Waals surface area (Å²) in [4.78, 5) is 32.8. The first-order valence-electron chi connectivity index (χ1n) is 9.89. The molecule has 2 aromatic heterocycles. The summed E-state index contributed by atoms with van der Waals surface area (Å²) in [5, 5.41) is 7.69. The second-order valence-electron chi connectivity index (χ2n) is 6.96. The molecule has 8 nitrogen and oxygen atoms in total. The van der Waals surface area contributed by atoms with E-state index >= 15 is 0 Å². The van der Waals surface area contributed by atoms with Crippen LogP contribution >= 0.6 is 11.8 Å². The highest BCUT2D eigenvalue weighted by atomic mass is 32.2. The molecule has 0 aliphatic carbocycles. The average Bonchev–Trinajstić information content (AvgIpc) is 3.50. The van der Waals surface area contributed by atoms with Gasteiger partial charge in [-0.05, 0) is 24.1 Å². The first kappa shape index (κ1) is 20.2. The number of carbonyl (C=O) groups excluding carboxylic acids is 2. The van der Waals surface area contributed by atoms with Crippen LogP contribution in [0.15, 0.2) is 52.2 Å². The van der Waals surface area contributed by atoms with Crippen LogP contribution in [-0.4, -0.2) is 68.7 Å². The number of nitrogens with zero attached hydrogens (tertiary/aromatic N) is 4. The number of amides is 2. The van der Waals surface area contributed by atoms with Crippen LogP contribution in [0.25, 0.3) is 11.4 Å². The lowest BCUT2D eigenvalue weighted by Crippen LogP contribution is -2.51. The molecule has 156 valence electrons. The lowest BCUT2D eigenvalue weighted by Gasteiger charge is -2.34. The van der Waals surface area contributed by atoms with Gasteiger partial charge in [-0.1, -0.05) is 43.0 Å². The van der Waals surface area contributed by atoms with Gasteiger partial charge in [0.1, 0.15) is 0 Å². The number of aryl methyl sites for hydroxylation is 1. The third-order valence-electron chi connectivity index (χ3n) is 5.08. The summed E-state index contributed by atoms with van der Waals surface area (Å²) in [5.74, 6) is 1.16. The fourth-order valence-corrected chi connectivity index (χ4v) is 3.97. The van der Waals surface area contributed by atoms with Gasteiger partial charge in [0.05, 0.1) is 12.0 Å². The van der Waals surface area contributed by atoms with Crippen molar-refractivity contribution < 1.29 is 14.0 Å². The number of aromatic amines is 1. The molecule has 0 spiro atoms. The minimum absolute atomic E-state index is 0.0174. The number of carbonyl (C=O) groups is 2. The monoisotopic (exact) mass is 425 g/mol. The number of aromatic nitrogens is 3. The standard InChI is InChI=1S/C21H23N5O3S/c1-2-15-5-7-16(8-6-15)19-22-21(24-23-19)30-14-18(27)25-9-11-26(12-10-25)20(28)17-4-3-13-29-17/h3-8,13H,2,9-12,14H2,1H3,(H,22,23,24). The van der Waals surface area contributed by atoms with E-state index in [2.05, 4.69) is 34.2 Å². The Morgan fingerprint density at radius 3 is 2.50 bits per heavy atom. The van der Waals surface area contributed by atoms with Gasteiger partial charge >= 0.3 is 0 Å². The maximum atomic E-state index is 12.5. The lowest BCUT2D eigenvalue weighted by atomic mass is 10.1. The normalized spacial score (nSPS) is 14.2. The zero-order valence-electron chi connectivity index (χ0n) is 16.7. The van der Waals surface area contributed by atoms with E-state index < -0.39 is 0 Å². The Morgan fingerprint density at radius 1 is 1.10 bits per heavy atom. The molecule has 1 fully saturated rings. The minimum Gasteiger partial charge on any atom is -0.459 e. The Bertz CT molecular complexity index is 992. The molecule has 0 unspecified atom stereocenters. The van der Waals surface area contributed by atoms with Crippen LogP contribution in [0.1, 0.15) is 23.0 Å². The first-order chi connectivity index (χ1) is 14.6. The number of hydrogen-bond donors (Lipinski definition) is 1. The number of thioether (sulfide) groups is 1. The number of H-pyrrole nitrogens is 1. The van der Waals surface area contributed by atoms with Gasteiger partial charge in [-0.2, -0.15) is 0 Å². The fraction of sp³-hybridized carbons (Fsp3) is 0.333. The molecule has 1 aliphatic heterocycles. The quantitative estimate of drug-likeness (QED) is 0.610. The highest BCUT2D eigenvalue weighted by Crippen LogP contribution is 2.20. The number of benzene rings is 1. The molecule has 2 amide bonds. The molecule has 0 saturated carbocycles. The van der Waals surface area contributed by atoms with Crippen molar-refractivity contribution in [2.45, 2.75) is 18.5 Å². The summed E-state index contributed by atoms with van der Waals surface area (Å²) < 4.78 is 5.16. The van der Waals surface area contributed by atoms with E-state index in [4.69, 9.17) is 4.42 Å². The largest absolute Gasteiger partial charge is 0.459 e. The molecule has 1 N–H and O–H groups in total. The zero-order valence-corrected chi connectivity index (χ0v) is 17.5. The Morgan fingerprint density at radius 2 is 1.83 bits per heavy atom. The van der Waals surface area contributed by atoms with Crippen molar-refractivity contribution >= 4 is 23.6 Å². The maximum Gasteiger partial charge on any atom is 0.289 e. The van der Waals surface area contributed by atoms with Crippen molar-refractivity contribution in [3.8, 4) is 11.4 Å². The van der Waals surface area contributed by atoms with Crippen LogP contribution < -0.4 is 0 Å². The molecule has 0 radical (unpaired) electrons. The molecule has 3 aromatic rings. The van der Waals surface area contributed by atoms with Gasteiger partial charge in [-0.25, -0.2) is 4.98 Å². The zero-order chi connectivity index (χ0) is 20.9. The SMILES string of the molecule is CCc1ccc(-c2nc(SCC(=O)N3CCN(C(=O)c4ccco4)CC3)n[nH]2)cc1. The number of hydrogen-bond acceptors (Lipinski definition) is 6. The predicted molar refractivity (Wildman–Crippen MR) is 113 cm³/mol. The molecule has 30 heavy (non-hydrogen) atoms. The molecule has 1 saturated heterocycles. The van der Waals surface area contributed by atoms with Gasteiger partial charge in [0.15, 0.2) is 11.6 Å². The summed E-state index contributed by atoms with van der Waals surface area (Å²) in [5.41, 5.74) is 2.24. The fourth-order valence-electron chi connectivity index (χ4n) is 3.27. The van der Waals surface area contributed by atoms with Crippen LogP contribution in [-0.2, 0) is 11.2 Å². The van der Waals surface area contributed by atoms with Crippen LogP contribution in [0, 0.1) is 0 Å². The second-order valence-corrected chi connectivity index (χ2v) is 7.90. The molecule has 1 aromatic carbocycles. The minimum atomic E-state index is -0.137. The number of rotatable bonds is 6. The van der Waals surface area contributed by atoms with Crippen molar-refractivity contribution in [1.29, 1.82) is 0 Å². The highest BCUT2D eigenvalue weighted by Gasteiger charge is 2.26. The Balaban J connectivity index is 1.26. The highest BCUT2D eigenvalue weighted by molar-refractivity contribution is 7.99. The van der Waals surface area contributed by atoms with E-state index in [9.17, 15) is 9.59 Å². The molecule has 0 bridgehead atoms. The molecule has 9 heteroatoms. The van der Waals surface area contributed by atoms with Crippen molar-refractivity contribution in [2.24, 2.45) is 0 Å². The third-order valence-corrected chi connectivity index (χ3v) is 5.91. The topological polar surface area (TPSA) is 95.3 Å². The van der Waals surface area contributed by atoms with Gasteiger partial charge in [-0.15, -0.1) is 5.10 Å². The van der Waals surface area contributed by atoms with Crippen molar-refractivity contribution in [2.75, 3.05) is 31.9 Å². The number of furan rings is 1. The smallest absolute Gasteiger partial charge is 0.289 e. The van der Waals surface area contributed by atoms with Gasteiger partial charge < -0.3 is 14.2 Å². The molecular weight excluding hydrogens is 402 g/mol. The molecule has 1 aliphatic rings. The summed E-state index contributed by atoms with van der Waals surface area (Å²) in [6.45, 7) is 4.12. The maximum absolute atomic E-state index is 12.5. The van der Waals surface area contributed by atoms with Crippen LogP contribution in [0.5, 0.6) is 0 Å².